The van der Waals surface area contributed by atoms with Gasteiger partial charge in [-0.1, -0.05) is 0 Å². The molecule has 138 valence electrons. The SMILES string of the molecule is CNC(=O)CN(CC(N)=O)CC(=O)NCCO[C@@H]1OCCC[C@@H]1O. The Morgan fingerprint density at radius 1 is 1.29 bits per heavy atom. The van der Waals surface area contributed by atoms with Crippen LogP contribution in [0, 0.1) is 0 Å². The Labute approximate surface area is 140 Å². The molecule has 24 heavy (non-hydrogen) atoms. The van der Waals surface area contributed by atoms with Gasteiger partial charge in [-0.2, -0.15) is 0 Å². The molecule has 1 aliphatic heterocycles. The third-order valence-corrected chi connectivity index (χ3v) is 3.34. The van der Waals surface area contributed by atoms with Crippen molar-refractivity contribution in [1.29, 1.82) is 0 Å². The summed E-state index contributed by atoms with van der Waals surface area (Å²) >= 11 is 0. The van der Waals surface area contributed by atoms with Crippen LogP contribution in [-0.2, 0) is 23.9 Å². The zero-order valence-corrected chi connectivity index (χ0v) is 13.8. The number of nitrogens with two attached hydrogens (primary N) is 1. The molecule has 1 heterocycles. The highest BCUT2D eigenvalue weighted by atomic mass is 16.7. The molecule has 0 unspecified atom stereocenters. The van der Waals surface area contributed by atoms with Gasteiger partial charge in [0.1, 0.15) is 6.10 Å². The fourth-order valence-corrected chi connectivity index (χ4v) is 2.19. The summed E-state index contributed by atoms with van der Waals surface area (Å²) in [5, 5.41) is 14.7. The topological polar surface area (TPSA) is 143 Å². The molecule has 0 bridgehead atoms. The maximum Gasteiger partial charge on any atom is 0.234 e. The molecular formula is C14H26N4O6. The number of carbonyl (C=O) groups is 3. The lowest BCUT2D eigenvalue weighted by Gasteiger charge is -2.27. The van der Waals surface area contributed by atoms with Crippen LogP contribution in [-0.4, -0.2) is 86.6 Å². The van der Waals surface area contributed by atoms with Gasteiger partial charge in [0.15, 0.2) is 6.29 Å². The molecule has 0 aromatic rings. The van der Waals surface area contributed by atoms with Crippen molar-refractivity contribution in [1.82, 2.24) is 15.5 Å². The van der Waals surface area contributed by atoms with Gasteiger partial charge in [-0.05, 0) is 12.8 Å². The van der Waals surface area contributed by atoms with Crippen molar-refractivity contribution in [3.63, 3.8) is 0 Å². The maximum atomic E-state index is 11.8. The van der Waals surface area contributed by atoms with E-state index in [0.29, 0.717) is 13.0 Å². The van der Waals surface area contributed by atoms with Crippen molar-refractivity contribution in [2.24, 2.45) is 5.73 Å². The number of primary amides is 1. The molecule has 1 rings (SSSR count). The Bertz CT molecular complexity index is 433. The number of nitrogens with one attached hydrogen (secondary N) is 2. The van der Waals surface area contributed by atoms with Crippen LogP contribution in [0.15, 0.2) is 0 Å². The van der Waals surface area contributed by atoms with Gasteiger partial charge >= 0.3 is 0 Å². The Balaban J connectivity index is 2.26. The Morgan fingerprint density at radius 3 is 2.62 bits per heavy atom. The van der Waals surface area contributed by atoms with E-state index in [0.717, 1.165) is 6.42 Å². The number of aliphatic hydroxyl groups excluding tert-OH is 1. The molecule has 0 aromatic heterocycles. The molecule has 10 heteroatoms. The van der Waals surface area contributed by atoms with Crippen molar-refractivity contribution in [3.05, 3.63) is 0 Å². The summed E-state index contributed by atoms with van der Waals surface area (Å²) < 4.78 is 10.6. The second-order valence-electron chi connectivity index (χ2n) is 5.45. The second kappa shape index (κ2) is 10.9. The van der Waals surface area contributed by atoms with E-state index in [4.69, 9.17) is 15.2 Å². The zero-order valence-electron chi connectivity index (χ0n) is 13.8. The maximum absolute atomic E-state index is 11.8. The molecular weight excluding hydrogens is 320 g/mol. The monoisotopic (exact) mass is 346 g/mol. The predicted octanol–water partition coefficient (Wildman–Crippen LogP) is -2.85. The van der Waals surface area contributed by atoms with Gasteiger partial charge < -0.3 is 30.9 Å². The first-order valence-corrected chi connectivity index (χ1v) is 7.81. The number of ether oxygens (including phenoxy) is 2. The van der Waals surface area contributed by atoms with Crippen LogP contribution in [0.25, 0.3) is 0 Å². The first kappa shape index (κ1) is 20.3. The van der Waals surface area contributed by atoms with Crippen molar-refractivity contribution in [2.75, 3.05) is 46.4 Å². The van der Waals surface area contributed by atoms with Gasteiger partial charge in [0.2, 0.25) is 17.7 Å². The van der Waals surface area contributed by atoms with Crippen LogP contribution >= 0.6 is 0 Å². The minimum absolute atomic E-state index is 0.106. The molecule has 3 amide bonds. The second-order valence-corrected chi connectivity index (χ2v) is 5.45. The van der Waals surface area contributed by atoms with E-state index in [2.05, 4.69) is 10.6 Å². The van der Waals surface area contributed by atoms with Gasteiger partial charge in [-0.15, -0.1) is 0 Å². The molecule has 1 saturated heterocycles. The fourth-order valence-electron chi connectivity index (χ4n) is 2.19. The smallest absolute Gasteiger partial charge is 0.234 e. The first-order chi connectivity index (χ1) is 11.4. The molecule has 10 nitrogen and oxygen atoms in total. The van der Waals surface area contributed by atoms with Gasteiger partial charge in [-0.3, -0.25) is 19.3 Å². The summed E-state index contributed by atoms with van der Waals surface area (Å²) in [6.07, 6.45) is 0.0838. The highest BCUT2D eigenvalue weighted by molar-refractivity contribution is 5.83. The van der Waals surface area contributed by atoms with Gasteiger partial charge in [-0.25, -0.2) is 0 Å². The van der Waals surface area contributed by atoms with E-state index < -0.39 is 18.3 Å². The van der Waals surface area contributed by atoms with Crippen molar-refractivity contribution >= 4 is 17.7 Å². The van der Waals surface area contributed by atoms with Gasteiger partial charge in [0.05, 0.1) is 26.2 Å². The fraction of sp³-hybridized carbons (Fsp3) is 0.786. The highest BCUT2D eigenvalue weighted by Crippen LogP contribution is 2.14. The third-order valence-electron chi connectivity index (χ3n) is 3.34. The van der Waals surface area contributed by atoms with Crippen molar-refractivity contribution in [2.45, 2.75) is 25.2 Å². The largest absolute Gasteiger partial charge is 0.388 e. The summed E-state index contributed by atoms with van der Waals surface area (Å²) in [6, 6.07) is 0. The predicted molar refractivity (Wildman–Crippen MR) is 83.6 cm³/mol. The molecule has 0 radical (unpaired) electrons. The average molecular weight is 346 g/mol. The lowest BCUT2D eigenvalue weighted by Crippen LogP contribution is -2.46. The Morgan fingerprint density at radius 2 is 2.00 bits per heavy atom. The number of rotatable bonds is 10. The molecule has 0 aromatic carbocycles. The minimum atomic E-state index is -0.671. The third kappa shape index (κ3) is 8.20. The Kier molecular flexibility index (Phi) is 9.23. The van der Waals surface area contributed by atoms with Crippen LogP contribution in [0.2, 0.25) is 0 Å². The van der Waals surface area contributed by atoms with E-state index in [1.165, 1.54) is 11.9 Å². The molecule has 0 aliphatic carbocycles. The van der Waals surface area contributed by atoms with Gasteiger partial charge in [0, 0.05) is 20.2 Å². The van der Waals surface area contributed by atoms with E-state index in [1.54, 1.807) is 0 Å². The van der Waals surface area contributed by atoms with Gasteiger partial charge in [0.25, 0.3) is 0 Å². The van der Waals surface area contributed by atoms with E-state index >= 15 is 0 Å². The summed E-state index contributed by atoms with van der Waals surface area (Å²) in [7, 11) is 1.46. The number of likely N-dealkylation sites (N-methyl/N-ethyl adjacent to an activating group) is 1. The summed E-state index contributed by atoms with van der Waals surface area (Å²) in [6.45, 7) is 0.494. The lowest BCUT2D eigenvalue weighted by atomic mass is 10.1. The molecule has 2 atom stereocenters. The zero-order chi connectivity index (χ0) is 17.9. The van der Waals surface area contributed by atoms with E-state index in [1.807, 2.05) is 0 Å². The summed E-state index contributed by atoms with van der Waals surface area (Å²) in [5.41, 5.74) is 5.10. The normalized spacial score (nSPS) is 20.6. The van der Waals surface area contributed by atoms with E-state index in [-0.39, 0.29) is 44.6 Å². The number of nitrogens with zero attached hydrogens (tertiary/aromatic N) is 1. The Hall–Kier alpha value is -1.75. The quantitative estimate of drug-likeness (QED) is 0.312. The number of carbonyl (C=O) groups excluding carboxylic acids is 3. The number of amides is 3. The van der Waals surface area contributed by atoms with Crippen LogP contribution in [0.3, 0.4) is 0 Å². The van der Waals surface area contributed by atoms with Crippen LogP contribution in [0.4, 0.5) is 0 Å². The number of hydrogen-bond acceptors (Lipinski definition) is 7. The van der Waals surface area contributed by atoms with Crippen LogP contribution < -0.4 is 16.4 Å². The van der Waals surface area contributed by atoms with Crippen LogP contribution in [0.5, 0.6) is 0 Å². The number of hydrogen-bond donors (Lipinski definition) is 4. The molecule has 0 saturated carbocycles. The lowest BCUT2D eigenvalue weighted by molar-refractivity contribution is -0.213. The molecule has 0 spiro atoms. The highest BCUT2D eigenvalue weighted by Gasteiger charge is 2.24. The standard InChI is InChI=1S/C14H26N4O6/c1-16-12(21)8-18(7-11(15)20)9-13(22)17-4-6-24-14-10(19)3-2-5-23-14/h10,14,19H,2-9H2,1H3,(H2,15,20)(H,16,21)(H,17,22)/t10-,14-/m0/s1. The summed E-state index contributed by atoms with van der Waals surface area (Å²) in [5.74, 6) is -1.32. The van der Waals surface area contributed by atoms with Crippen LogP contribution in [0.1, 0.15) is 12.8 Å². The van der Waals surface area contributed by atoms with Crippen molar-refractivity contribution in [3.8, 4) is 0 Å². The first-order valence-electron chi connectivity index (χ1n) is 7.81. The molecule has 1 fully saturated rings. The summed E-state index contributed by atoms with van der Waals surface area (Å²) in [4.78, 5) is 35.5. The minimum Gasteiger partial charge on any atom is -0.388 e. The number of aliphatic hydroxyl groups is 1. The molecule has 1 aliphatic rings. The van der Waals surface area contributed by atoms with E-state index in [9.17, 15) is 19.5 Å². The molecule has 5 N–H and O–H groups in total. The van der Waals surface area contributed by atoms with Crippen molar-refractivity contribution < 1.29 is 29.0 Å². The average Bonchev–Trinajstić information content (AvgIpc) is 2.52.